The molecule has 32 heavy (non-hydrogen) atoms. The Bertz CT molecular complexity index is 921. The van der Waals surface area contributed by atoms with Crippen LogP contribution >= 0.6 is 0 Å². The minimum Gasteiger partial charge on any atom is -0.491 e. The molecule has 0 saturated heterocycles. The molecule has 3 nitrogen and oxygen atoms in total. The van der Waals surface area contributed by atoms with Crippen LogP contribution in [-0.4, -0.2) is 22.7 Å². The van der Waals surface area contributed by atoms with Crippen LogP contribution < -0.4 is 4.74 Å². The molecule has 170 valence electrons. The normalized spacial score (nSPS) is 12.2. The molecule has 0 aliphatic rings. The van der Waals surface area contributed by atoms with Gasteiger partial charge in [0.25, 0.3) is 0 Å². The number of aryl methyl sites for hydroxylation is 1. The van der Waals surface area contributed by atoms with E-state index in [4.69, 9.17) is 4.74 Å². The van der Waals surface area contributed by atoms with Gasteiger partial charge in [-0.2, -0.15) is 0 Å². The number of alkyl halides is 1. The third-order valence-electron chi connectivity index (χ3n) is 5.75. The highest BCUT2D eigenvalue weighted by Crippen LogP contribution is 2.23. The molecule has 0 amide bonds. The van der Waals surface area contributed by atoms with Crippen LogP contribution in [0.25, 0.3) is 22.5 Å². The summed E-state index contributed by atoms with van der Waals surface area (Å²) in [4.78, 5) is 9.08. The van der Waals surface area contributed by atoms with Crippen LogP contribution in [0.1, 0.15) is 58.4 Å². The van der Waals surface area contributed by atoms with Crippen LogP contribution in [0, 0.1) is 5.92 Å². The van der Waals surface area contributed by atoms with Gasteiger partial charge in [-0.1, -0.05) is 70.7 Å². The van der Waals surface area contributed by atoms with Gasteiger partial charge in [-0.05, 0) is 54.2 Å². The summed E-state index contributed by atoms with van der Waals surface area (Å²) in [7, 11) is 0. The van der Waals surface area contributed by atoms with Crippen molar-refractivity contribution >= 4 is 0 Å². The van der Waals surface area contributed by atoms with E-state index in [-0.39, 0.29) is 12.5 Å². The predicted molar refractivity (Wildman–Crippen MR) is 131 cm³/mol. The molecule has 0 aliphatic heterocycles. The first kappa shape index (κ1) is 23.9. The summed E-state index contributed by atoms with van der Waals surface area (Å²) in [5.74, 6) is 1.27. The molecule has 0 aliphatic carbocycles. The van der Waals surface area contributed by atoms with E-state index in [0.717, 1.165) is 23.1 Å². The van der Waals surface area contributed by atoms with E-state index < -0.39 is 6.17 Å². The lowest BCUT2D eigenvalue weighted by molar-refractivity contribution is 0.155. The first-order chi connectivity index (χ1) is 15.6. The van der Waals surface area contributed by atoms with Gasteiger partial charge < -0.3 is 4.74 Å². The topological polar surface area (TPSA) is 35.0 Å². The molecule has 0 radical (unpaired) electrons. The highest BCUT2D eigenvalue weighted by Gasteiger charge is 2.12. The van der Waals surface area contributed by atoms with Gasteiger partial charge in [0.05, 0.1) is 0 Å². The monoisotopic (exact) mass is 434 g/mol. The number of hydrogen-bond donors (Lipinski definition) is 0. The summed E-state index contributed by atoms with van der Waals surface area (Å²) in [6.07, 6.45) is 10.4. The Morgan fingerprint density at radius 2 is 1.41 bits per heavy atom. The van der Waals surface area contributed by atoms with Crippen molar-refractivity contribution in [3.63, 3.8) is 0 Å². The molecular formula is C28H35FN2O. The minimum absolute atomic E-state index is 0.0482. The molecule has 3 rings (SSSR count). The van der Waals surface area contributed by atoms with Crippen molar-refractivity contribution in [2.75, 3.05) is 6.61 Å². The molecule has 4 heteroatoms. The summed E-state index contributed by atoms with van der Waals surface area (Å²) < 4.78 is 19.2. The third-order valence-corrected chi connectivity index (χ3v) is 5.75. The minimum atomic E-state index is -0.967. The van der Waals surface area contributed by atoms with E-state index in [1.165, 1.54) is 37.7 Å². The van der Waals surface area contributed by atoms with Crippen molar-refractivity contribution in [2.24, 2.45) is 5.92 Å². The molecule has 0 bridgehead atoms. The zero-order valence-electron chi connectivity index (χ0n) is 19.6. The van der Waals surface area contributed by atoms with E-state index in [9.17, 15) is 4.39 Å². The maximum absolute atomic E-state index is 13.7. The molecule has 1 atom stereocenters. The summed E-state index contributed by atoms with van der Waals surface area (Å²) in [5.41, 5.74) is 4.42. The van der Waals surface area contributed by atoms with E-state index in [2.05, 4.69) is 41.2 Å². The first-order valence-corrected chi connectivity index (χ1v) is 11.9. The fourth-order valence-corrected chi connectivity index (χ4v) is 3.49. The van der Waals surface area contributed by atoms with Crippen LogP contribution in [0.3, 0.4) is 0 Å². The Labute approximate surface area is 192 Å². The zero-order valence-corrected chi connectivity index (χ0v) is 19.6. The number of aromatic nitrogens is 2. The molecule has 2 aromatic carbocycles. The van der Waals surface area contributed by atoms with Crippen LogP contribution in [-0.2, 0) is 6.42 Å². The largest absolute Gasteiger partial charge is 0.491 e. The van der Waals surface area contributed by atoms with E-state index in [1.54, 1.807) is 0 Å². The molecule has 0 spiro atoms. The van der Waals surface area contributed by atoms with Gasteiger partial charge in [-0.25, -0.2) is 14.4 Å². The van der Waals surface area contributed by atoms with Crippen molar-refractivity contribution in [3.05, 3.63) is 66.5 Å². The van der Waals surface area contributed by atoms with Crippen LogP contribution in [0.15, 0.2) is 60.9 Å². The fourth-order valence-electron chi connectivity index (χ4n) is 3.49. The highest BCUT2D eigenvalue weighted by atomic mass is 19.1. The SMILES string of the molecule is CCCCCCCc1ccc(-c2cnc(-c3ccc(OCC(F)C(C)C)cc3)nc2)cc1. The smallest absolute Gasteiger partial charge is 0.159 e. The fraction of sp³-hybridized carbons (Fsp3) is 0.429. The number of hydrogen-bond acceptors (Lipinski definition) is 3. The predicted octanol–water partition coefficient (Wildman–Crippen LogP) is 7.70. The summed E-state index contributed by atoms with van der Waals surface area (Å²) >= 11 is 0. The molecular weight excluding hydrogens is 399 g/mol. The van der Waals surface area contributed by atoms with Crippen molar-refractivity contribution in [1.29, 1.82) is 0 Å². The third kappa shape index (κ3) is 7.15. The molecule has 0 fully saturated rings. The number of ether oxygens (including phenoxy) is 1. The van der Waals surface area contributed by atoms with E-state index in [0.29, 0.717) is 11.6 Å². The quantitative estimate of drug-likeness (QED) is 0.274. The average Bonchev–Trinajstić information content (AvgIpc) is 2.83. The highest BCUT2D eigenvalue weighted by molar-refractivity contribution is 5.64. The summed E-state index contributed by atoms with van der Waals surface area (Å²) in [5, 5.41) is 0. The summed E-state index contributed by atoms with van der Waals surface area (Å²) in [6, 6.07) is 16.2. The number of benzene rings is 2. The lowest BCUT2D eigenvalue weighted by Crippen LogP contribution is -2.18. The lowest BCUT2D eigenvalue weighted by atomic mass is 10.0. The Kier molecular flexibility index (Phi) is 9.21. The second kappa shape index (κ2) is 12.3. The summed E-state index contributed by atoms with van der Waals surface area (Å²) in [6.45, 7) is 6.02. The van der Waals surface area contributed by atoms with Crippen LogP contribution in [0.4, 0.5) is 4.39 Å². The molecule has 1 unspecified atom stereocenters. The Morgan fingerprint density at radius 1 is 0.781 bits per heavy atom. The van der Waals surface area contributed by atoms with Crippen molar-refractivity contribution in [1.82, 2.24) is 9.97 Å². The molecule has 0 saturated carbocycles. The molecule has 0 N–H and O–H groups in total. The first-order valence-electron chi connectivity index (χ1n) is 11.9. The van der Waals surface area contributed by atoms with Gasteiger partial charge in [-0.15, -0.1) is 0 Å². The van der Waals surface area contributed by atoms with Gasteiger partial charge in [0.15, 0.2) is 5.82 Å². The van der Waals surface area contributed by atoms with Crippen molar-refractivity contribution in [3.8, 4) is 28.3 Å². The van der Waals surface area contributed by atoms with E-state index >= 15 is 0 Å². The lowest BCUT2D eigenvalue weighted by Gasteiger charge is -2.13. The Hall–Kier alpha value is -2.75. The average molecular weight is 435 g/mol. The van der Waals surface area contributed by atoms with Crippen molar-refractivity contribution < 1.29 is 9.13 Å². The van der Waals surface area contributed by atoms with Gasteiger partial charge >= 0.3 is 0 Å². The number of unbranched alkanes of at least 4 members (excludes halogenated alkanes) is 4. The second-order valence-corrected chi connectivity index (χ2v) is 8.75. The van der Waals surface area contributed by atoms with Gasteiger partial charge in [0.2, 0.25) is 0 Å². The van der Waals surface area contributed by atoms with Gasteiger partial charge in [-0.3, -0.25) is 0 Å². The Morgan fingerprint density at radius 3 is 2.03 bits per heavy atom. The van der Waals surface area contributed by atoms with Crippen molar-refractivity contribution in [2.45, 2.75) is 65.5 Å². The maximum atomic E-state index is 13.7. The van der Waals surface area contributed by atoms with Crippen LogP contribution in [0.5, 0.6) is 5.75 Å². The number of halogens is 1. The van der Waals surface area contributed by atoms with Gasteiger partial charge in [0, 0.05) is 23.5 Å². The number of nitrogens with zero attached hydrogens (tertiary/aromatic N) is 2. The van der Waals surface area contributed by atoms with Gasteiger partial charge in [0.1, 0.15) is 18.5 Å². The van der Waals surface area contributed by atoms with E-state index in [1.807, 2.05) is 50.5 Å². The number of rotatable bonds is 12. The second-order valence-electron chi connectivity index (χ2n) is 8.75. The molecule has 3 aromatic rings. The Balaban J connectivity index is 1.55. The molecule has 1 aromatic heterocycles. The van der Waals surface area contributed by atoms with Crippen LogP contribution in [0.2, 0.25) is 0 Å². The zero-order chi connectivity index (χ0) is 22.8. The standard InChI is InChI=1S/C28H35FN2O/c1-4-5-6-7-8-9-22-10-12-23(13-11-22)25-18-30-28(31-19-25)24-14-16-26(17-15-24)32-20-27(29)21(2)3/h10-19,21,27H,4-9,20H2,1-3H3. The maximum Gasteiger partial charge on any atom is 0.159 e. The molecule has 1 heterocycles.